The lowest BCUT2D eigenvalue weighted by Crippen LogP contribution is -2.52. The van der Waals surface area contributed by atoms with Crippen LogP contribution in [0.5, 0.6) is 5.75 Å². The van der Waals surface area contributed by atoms with E-state index in [0.29, 0.717) is 10.6 Å². The average Bonchev–Trinajstić information content (AvgIpc) is 2.74. The highest BCUT2D eigenvalue weighted by Crippen LogP contribution is 2.33. The maximum Gasteiger partial charge on any atom is 0.244 e. The van der Waals surface area contributed by atoms with Crippen molar-refractivity contribution >= 4 is 50.7 Å². The molecule has 0 saturated carbocycles. The number of halogens is 2. The molecule has 0 aliphatic heterocycles. The smallest absolute Gasteiger partial charge is 0.244 e. The van der Waals surface area contributed by atoms with Gasteiger partial charge in [-0.15, -0.1) is 0 Å². The van der Waals surface area contributed by atoms with Gasteiger partial charge < -0.3 is 15.0 Å². The van der Waals surface area contributed by atoms with E-state index in [2.05, 4.69) is 5.32 Å². The Bertz CT molecular complexity index is 1140. The normalized spacial score (nSPS) is 12.2. The van der Waals surface area contributed by atoms with Crippen molar-refractivity contribution in [3.05, 3.63) is 58.1 Å². The summed E-state index contributed by atoms with van der Waals surface area (Å²) in [6.45, 7) is 4.70. The Balaban J connectivity index is 2.47. The lowest BCUT2D eigenvalue weighted by molar-refractivity contribution is -0.139. The van der Waals surface area contributed by atoms with Crippen LogP contribution in [0.4, 0.5) is 5.69 Å². The zero-order valence-electron chi connectivity index (χ0n) is 19.7. The van der Waals surface area contributed by atoms with E-state index in [1.54, 1.807) is 37.3 Å². The molecule has 0 aliphatic rings. The van der Waals surface area contributed by atoms with Crippen molar-refractivity contribution in [3.8, 4) is 5.75 Å². The van der Waals surface area contributed by atoms with Crippen LogP contribution in [0.3, 0.4) is 0 Å². The van der Waals surface area contributed by atoms with E-state index in [1.165, 1.54) is 24.1 Å². The fraction of sp³-hybridized carbons (Fsp3) is 0.391. The molecule has 0 radical (unpaired) electrons. The maximum absolute atomic E-state index is 13.5. The van der Waals surface area contributed by atoms with E-state index in [1.807, 2.05) is 13.8 Å². The van der Waals surface area contributed by atoms with Crippen LogP contribution in [-0.2, 0) is 26.2 Å². The van der Waals surface area contributed by atoms with Gasteiger partial charge in [-0.3, -0.25) is 13.9 Å². The highest BCUT2D eigenvalue weighted by molar-refractivity contribution is 7.92. The molecule has 0 spiro atoms. The number of rotatable bonds is 10. The highest BCUT2D eigenvalue weighted by Gasteiger charge is 2.31. The zero-order valence-corrected chi connectivity index (χ0v) is 22.0. The molecule has 0 fully saturated rings. The number of benzene rings is 2. The quantitative estimate of drug-likeness (QED) is 0.506. The Hall–Kier alpha value is -2.49. The van der Waals surface area contributed by atoms with Crippen molar-refractivity contribution in [1.82, 2.24) is 10.2 Å². The molecule has 1 atom stereocenters. The summed E-state index contributed by atoms with van der Waals surface area (Å²) in [5.41, 5.74) is 0.809. The van der Waals surface area contributed by atoms with Gasteiger partial charge in [0.1, 0.15) is 18.3 Å². The Morgan fingerprint density at radius 1 is 1.06 bits per heavy atom. The fourth-order valence-electron chi connectivity index (χ4n) is 3.27. The number of ether oxygens (including phenoxy) is 1. The summed E-state index contributed by atoms with van der Waals surface area (Å²) < 4.78 is 31.6. The third-order valence-electron chi connectivity index (χ3n) is 4.93. The topological polar surface area (TPSA) is 96.0 Å². The first-order valence-electron chi connectivity index (χ1n) is 10.5. The first-order valence-corrected chi connectivity index (χ1v) is 13.1. The Morgan fingerprint density at radius 2 is 1.71 bits per heavy atom. The number of carbonyl (C=O) groups is 2. The first-order chi connectivity index (χ1) is 15.8. The van der Waals surface area contributed by atoms with E-state index in [9.17, 15) is 18.0 Å². The minimum absolute atomic E-state index is 0.0519. The van der Waals surface area contributed by atoms with Gasteiger partial charge >= 0.3 is 0 Å². The van der Waals surface area contributed by atoms with Crippen molar-refractivity contribution in [2.45, 2.75) is 39.4 Å². The van der Waals surface area contributed by atoms with Crippen LogP contribution in [0.2, 0.25) is 10.0 Å². The van der Waals surface area contributed by atoms with Gasteiger partial charge in [-0.1, -0.05) is 35.3 Å². The standard InChI is InChI=1S/C23H29Cl2N3O5S/c1-15(2)26-23(30)16(3)27(13-17-7-6-8-18(24)11-17)22(29)14-28(34(5,31)32)20-12-19(25)9-10-21(20)33-4/h6-12,15-16H,13-14H2,1-5H3,(H,26,30)/t16-/m1/s1. The van der Waals surface area contributed by atoms with Gasteiger partial charge in [-0.2, -0.15) is 0 Å². The third kappa shape index (κ3) is 7.51. The molecule has 8 nitrogen and oxygen atoms in total. The lowest BCUT2D eigenvalue weighted by atomic mass is 10.1. The van der Waals surface area contributed by atoms with E-state index in [4.69, 9.17) is 27.9 Å². The molecule has 0 aromatic heterocycles. The van der Waals surface area contributed by atoms with Crippen molar-refractivity contribution in [2.75, 3.05) is 24.2 Å². The summed E-state index contributed by atoms with van der Waals surface area (Å²) >= 11 is 12.2. The minimum atomic E-state index is -3.91. The van der Waals surface area contributed by atoms with Gasteiger partial charge in [0, 0.05) is 22.6 Å². The predicted molar refractivity (Wildman–Crippen MR) is 135 cm³/mol. The van der Waals surface area contributed by atoms with Crippen LogP contribution in [0.25, 0.3) is 0 Å². The number of amides is 2. The molecule has 34 heavy (non-hydrogen) atoms. The third-order valence-corrected chi connectivity index (χ3v) is 6.53. The second kappa shape index (κ2) is 11.8. The van der Waals surface area contributed by atoms with Gasteiger partial charge in [0.2, 0.25) is 21.8 Å². The van der Waals surface area contributed by atoms with Gasteiger partial charge in [0.25, 0.3) is 0 Å². The van der Waals surface area contributed by atoms with E-state index in [0.717, 1.165) is 10.6 Å². The van der Waals surface area contributed by atoms with Crippen molar-refractivity contribution in [1.29, 1.82) is 0 Å². The Morgan fingerprint density at radius 3 is 2.26 bits per heavy atom. The Labute approximate surface area is 210 Å². The molecule has 2 aromatic rings. The van der Waals surface area contributed by atoms with Crippen LogP contribution in [-0.4, -0.2) is 57.1 Å². The zero-order chi connectivity index (χ0) is 25.6. The molecule has 0 bridgehead atoms. The van der Waals surface area contributed by atoms with E-state index < -0.39 is 28.5 Å². The van der Waals surface area contributed by atoms with Gasteiger partial charge in [0.05, 0.1) is 19.1 Å². The average molecular weight is 530 g/mol. The second-order valence-corrected chi connectivity index (χ2v) is 10.9. The van der Waals surface area contributed by atoms with Crippen LogP contribution in [0, 0.1) is 0 Å². The SMILES string of the molecule is COc1ccc(Cl)cc1N(CC(=O)N(Cc1cccc(Cl)c1)[C@H](C)C(=O)NC(C)C)S(C)(=O)=O. The monoisotopic (exact) mass is 529 g/mol. The van der Waals surface area contributed by atoms with Crippen molar-refractivity contribution < 1.29 is 22.7 Å². The van der Waals surface area contributed by atoms with Crippen LogP contribution in [0.15, 0.2) is 42.5 Å². The van der Waals surface area contributed by atoms with Gasteiger partial charge in [0.15, 0.2) is 0 Å². The molecule has 0 unspecified atom stereocenters. The van der Waals surface area contributed by atoms with Crippen LogP contribution < -0.4 is 14.4 Å². The summed E-state index contributed by atoms with van der Waals surface area (Å²) in [6.07, 6.45) is 0.983. The molecule has 0 saturated heterocycles. The highest BCUT2D eigenvalue weighted by atomic mass is 35.5. The van der Waals surface area contributed by atoms with E-state index in [-0.39, 0.29) is 35.0 Å². The molecular formula is C23H29Cl2N3O5S. The number of nitrogens with zero attached hydrogens (tertiary/aromatic N) is 2. The van der Waals surface area contributed by atoms with Gasteiger partial charge in [-0.05, 0) is 56.7 Å². The molecule has 1 N–H and O–H groups in total. The second-order valence-electron chi connectivity index (χ2n) is 8.08. The predicted octanol–water partition coefficient (Wildman–Crippen LogP) is 3.71. The number of methoxy groups -OCH3 is 1. The largest absolute Gasteiger partial charge is 0.495 e. The molecule has 0 heterocycles. The van der Waals surface area contributed by atoms with Crippen LogP contribution in [0.1, 0.15) is 26.3 Å². The molecular weight excluding hydrogens is 501 g/mol. The summed E-state index contributed by atoms with van der Waals surface area (Å²) in [5, 5.41) is 3.54. The summed E-state index contributed by atoms with van der Waals surface area (Å²) in [5.74, 6) is -0.718. The lowest BCUT2D eigenvalue weighted by Gasteiger charge is -2.32. The summed E-state index contributed by atoms with van der Waals surface area (Å²) in [6, 6.07) is 10.3. The van der Waals surface area contributed by atoms with E-state index >= 15 is 0 Å². The number of nitrogens with one attached hydrogen (secondary N) is 1. The van der Waals surface area contributed by atoms with Crippen molar-refractivity contribution in [3.63, 3.8) is 0 Å². The Kier molecular flexibility index (Phi) is 9.61. The number of hydrogen-bond acceptors (Lipinski definition) is 5. The number of anilines is 1. The van der Waals surface area contributed by atoms with Crippen molar-refractivity contribution in [2.24, 2.45) is 0 Å². The molecule has 11 heteroatoms. The molecule has 0 aliphatic carbocycles. The number of hydrogen-bond donors (Lipinski definition) is 1. The summed E-state index contributed by atoms with van der Waals surface area (Å²) in [4.78, 5) is 27.6. The number of sulfonamides is 1. The van der Waals surface area contributed by atoms with Gasteiger partial charge in [-0.25, -0.2) is 8.42 Å². The molecule has 186 valence electrons. The number of carbonyl (C=O) groups excluding carboxylic acids is 2. The minimum Gasteiger partial charge on any atom is -0.495 e. The summed E-state index contributed by atoms with van der Waals surface area (Å²) in [7, 11) is -2.53. The van der Waals surface area contributed by atoms with Crippen LogP contribution >= 0.6 is 23.2 Å². The maximum atomic E-state index is 13.5. The fourth-order valence-corrected chi connectivity index (χ4v) is 4.50. The molecule has 2 aromatic carbocycles. The molecule has 2 amide bonds. The first kappa shape index (κ1) is 27.8. The molecule has 2 rings (SSSR count).